The van der Waals surface area contributed by atoms with Gasteiger partial charge in [-0.25, -0.2) is 5.43 Å². The van der Waals surface area contributed by atoms with E-state index in [1.54, 1.807) is 0 Å². The summed E-state index contributed by atoms with van der Waals surface area (Å²) in [7, 11) is 0. The van der Waals surface area contributed by atoms with E-state index in [1.165, 1.54) is 6.21 Å². The van der Waals surface area contributed by atoms with Gasteiger partial charge in [0.15, 0.2) is 0 Å². The molecule has 1 fully saturated rings. The minimum Gasteiger partial charge on any atom is -0.345 e. The molecule has 5 heteroatoms. The van der Waals surface area contributed by atoms with Gasteiger partial charge in [-0.15, -0.1) is 0 Å². The minimum absolute atomic E-state index is 0.155. The molecule has 3 rings (SSSR count). The number of rotatable bonds is 4. The summed E-state index contributed by atoms with van der Waals surface area (Å²) in [4.78, 5) is 22.9. The Morgan fingerprint density at radius 1 is 0.913 bits per heavy atom. The molecular weight excluding hydrogens is 290 g/mol. The fourth-order valence-electron chi connectivity index (χ4n) is 2.09. The number of carbonyl (C=O) groups is 2. The van der Waals surface area contributed by atoms with Crippen molar-refractivity contribution in [3.8, 4) is 11.1 Å². The van der Waals surface area contributed by atoms with Crippen molar-refractivity contribution in [3.63, 3.8) is 0 Å². The highest BCUT2D eigenvalue weighted by molar-refractivity contribution is 6.35. The van der Waals surface area contributed by atoms with Crippen LogP contribution in [-0.2, 0) is 9.59 Å². The second-order valence-electron chi connectivity index (χ2n) is 5.43. The van der Waals surface area contributed by atoms with Crippen molar-refractivity contribution in [3.05, 3.63) is 60.2 Å². The molecule has 2 aromatic rings. The maximum atomic E-state index is 11.5. The molecule has 23 heavy (non-hydrogen) atoms. The number of nitrogens with one attached hydrogen (secondary N) is 2. The average Bonchev–Trinajstić information content (AvgIpc) is 3.40. The summed E-state index contributed by atoms with van der Waals surface area (Å²) in [6.45, 7) is 0. The summed E-state index contributed by atoms with van der Waals surface area (Å²) >= 11 is 0. The lowest BCUT2D eigenvalue weighted by Gasteiger charge is -2.02. The molecule has 0 radical (unpaired) electrons. The van der Waals surface area contributed by atoms with Gasteiger partial charge >= 0.3 is 11.8 Å². The Hall–Kier alpha value is -2.95. The number of carbonyl (C=O) groups excluding carboxylic acids is 2. The van der Waals surface area contributed by atoms with Crippen LogP contribution in [0.1, 0.15) is 18.4 Å². The highest BCUT2D eigenvalue weighted by Gasteiger charge is 2.26. The Morgan fingerprint density at radius 2 is 1.57 bits per heavy atom. The van der Waals surface area contributed by atoms with E-state index in [4.69, 9.17) is 0 Å². The van der Waals surface area contributed by atoms with E-state index in [2.05, 4.69) is 15.8 Å². The summed E-state index contributed by atoms with van der Waals surface area (Å²) in [6.07, 6.45) is 3.39. The Balaban J connectivity index is 1.55. The number of hydrazone groups is 1. The average molecular weight is 307 g/mol. The number of nitrogens with zero attached hydrogens (tertiary/aromatic N) is 1. The van der Waals surface area contributed by atoms with Crippen LogP contribution in [-0.4, -0.2) is 24.1 Å². The molecule has 0 spiro atoms. The second-order valence-corrected chi connectivity index (χ2v) is 5.43. The smallest absolute Gasteiger partial charge is 0.329 e. The largest absolute Gasteiger partial charge is 0.345 e. The lowest BCUT2D eigenvalue weighted by Crippen LogP contribution is -2.38. The van der Waals surface area contributed by atoms with Gasteiger partial charge in [0.1, 0.15) is 0 Å². The monoisotopic (exact) mass is 307 g/mol. The van der Waals surface area contributed by atoms with Crippen LogP contribution >= 0.6 is 0 Å². The number of benzene rings is 2. The van der Waals surface area contributed by atoms with Crippen LogP contribution in [0.25, 0.3) is 11.1 Å². The van der Waals surface area contributed by atoms with Gasteiger partial charge in [0.25, 0.3) is 0 Å². The van der Waals surface area contributed by atoms with Crippen LogP contribution in [0.5, 0.6) is 0 Å². The second kappa shape index (κ2) is 6.87. The number of hydrogen-bond acceptors (Lipinski definition) is 3. The van der Waals surface area contributed by atoms with Crippen molar-refractivity contribution in [2.75, 3.05) is 0 Å². The molecular formula is C18H17N3O2. The molecule has 0 atom stereocenters. The molecule has 2 aromatic carbocycles. The van der Waals surface area contributed by atoms with Gasteiger partial charge in [0.05, 0.1) is 6.21 Å². The minimum atomic E-state index is -0.742. The maximum Gasteiger partial charge on any atom is 0.329 e. The number of hydrogen-bond donors (Lipinski definition) is 2. The first-order chi connectivity index (χ1) is 11.2. The van der Waals surface area contributed by atoms with E-state index in [0.717, 1.165) is 29.5 Å². The molecule has 116 valence electrons. The van der Waals surface area contributed by atoms with Crippen LogP contribution < -0.4 is 10.7 Å². The van der Waals surface area contributed by atoms with Crippen molar-refractivity contribution >= 4 is 18.0 Å². The zero-order valence-corrected chi connectivity index (χ0v) is 12.5. The van der Waals surface area contributed by atoms with E-state index in [0.29, 0.717) is 0 Å². The molecule has 2 amide bonds. The van der Waals surface area contributed by atoms with Gasteiger partial charge in [0, 0.05) is 6.04 Å². The molecule has 0 saturated heterocycles. The first kappa shape index (κ1) is 15.0. The van der Waals surface area contributed by atoms with E-state index in [9.17, 15) is 9.59 Å². The third-order valence-electron chi connectivity index (χ3n) is 3.52. The van der Waals surface area contributed by atoms with E-state index in [1.807, 2.05) is 54.6 Å². The van der Waals surface area contributed by atoms with E-state index < -0.39 is 11.8 Å². The zero-order chi connectivity index (χ0) is 16.1. The molecule has 1 aliphatic rings. The Kier molecular flexibility index (Phi) is 4.47. The van der Waals surface area contributed by atoms with Crippen LogP contribution in [0.3, 0.4) is 0 Å². The molecule has 0 aromatic heterocycles. The Bertz CT molecular complexity index is 720. The lowest BCUT2D eigenvalue weighted by molar-refractivity contribution is -0.139. The number of amides is 2. The zero-order valence-electron chi connectivity index (χ0n) is 12.5. The third kappa shape index (κ3) is 4.26. The van der Waals surface area contributed by atoms with Crippen molar-refractivity contribution in [2.24, 2.45) is 5.10 Å². The van der Waals surface area contributed by atoms with Gasteiger partial charge in [-0.05, 0) is 29.5 Å². The molecule has 1 saturated carbocycles. The predicted molar refractivity (Wildman–Crippen MR) is 88.8 cm³/mol. The van der Waals surface area contributed by atoms with Gasteiger partial charge in [-0.3, -0.25) is 9.59 Å². The summed E-state index contributed by atoms with van der Waals surface area (Å²) in [5.41, 5.74) is 5.32. The standard InChI is InChI=1S/C18H17N3O2/c22-17(20-16-10-11-16)18(23)21-19-12-13-6-8-15(9-7-13)14-4-2-1-3-5-14/h1-9,12,16H,10-11H2,(H,20,22)(H,21,23)/b19-12-. The topological polar surface area (TPSA) is 70.6 Å². The Labute approximate surface area is 134 Å². The van der Waals surface area contributed by atoms with Gasteiger partial charge in [0.2, 0.25) is 0 Å². The summed E-state index contributed by atoms with van der Waals surface area (Å²) in [5.74, 6) is -1.38. The molecule has 0 heterocycles. The molecule has 0 bridgehead atoms. The molecule has 5 nitrogen and oxygen atoms in total. The van der Waals surface area contributed by atoms with Crippen molar-refractivity contribution in [1.82, 2.24) is 10.7 Å². The summed E-state index contributed by atoms with van der Waals surface area (Å²) in [5, 5.41) is 6.41. The van der Waals surface area contributed by atoms with Gasteiger partial charge < -0.3 is 5.32 Å². The van der Waals surface area contributed by atoms with E-state index >= 15 is 0 Å². The summed E-state index contributed by atoms with van der Waals surface area (Å²) < 4.78 is 0. The fraction of sp³-hybridized carbons (Fsp3) is 0.167. The molecule has 1 aliphatic carbocycles. The first-order valence-electron chi connectivity index (χ1n) is 7.52. The van der Waals surface area contributed by atoms with Gasteiger partial charge in [-0.2, -0.15) is 5.10 Å². The molecule has 2 N–H and O–H groups in total. The van der Waals surface area contributed by atoms with Crippen LogP contribution in [0.15, 0.2) is 59.7 Å². The molecule has 0 aliphatic heterocycles. The van der Waals surface area contributed by atoms with E-state index in [-0.39, 0.29) is 6.04 Å². The summed E-state index contributed by atoms with van der Waals surface area (Å²) in [6, 6.07) is 18.0. The maximum absolute atomic E-state index is 11.5. The van der Waals surface area contributed by atoms with Crippen LogP contribution in [0.4, 0.5) is 0 Å². The molecule has 0 unspecified atom stereocenters. The predicted octanol–water partition coefficient (Wildman–Crippen LogP) is 2.08. The highest BCUT2D eigenvalue weighted by Crippen LogP contribution is 2.19. The highest BCUT2D eigenvalue weighted by atomic mass is 16.2. The SMILES string of the molecule is O=C(N/N=C\c1ccc(-c2ccccc2)cc1)C(=O)NC1CC1. The fourth-order valence-corrected chi connectivity index (χ4v) is 2.09. The van der Waals surface area contributed by atoms with Crippen molar-refractivity contribution in [1.29, 1.82) is 0 Å². The first-order valence-corrected chi connectivity index (χ1v) is 7.52. The van der Waals surface area contributed by atoms with Crippen LogP contribution in [0, 0.1) is 0 Å². The lowest BCUT2D eigenvalue weighted by atomic mass is 10.0. The van der Waals surface area contributed by atoms with Crippen molar-refractivity contribution in [2.45, 2.75) is 18.9 Å². The normalized spacial score (nSPS) is 13.7. The quantitative estimate of drug-likeness (QED) is 0.516. The Morgan fingerprint density at radius 3 is 2.22 bits per heavy atom. The van der Waals surface area contributed by atoms with Crippen LogP contribution in [0.2, 0.25) is 0 Å². The van der Waals surface area contributed by atoms with Crippen molar-refractivity contribution < 1.29 is 9.59 Å². The van der Waals surface area contributed by atoms with Gasteiger partial charge in [-0.1, -0.05) is 54.6 Å². The third-order valence-corrected chi connectivity index (χ3v) is 3.52.